The normalized spacial score (nSPS) is 16.6. The van der Waals surface area contributed by atoms with Crippen LogP contribution in [0.25, 0.3) is 0 Å². The Kier molecular flexibility index (Phi) is 4.90. The predicted molar refractivity (Wildman–Crippen MR) is 87.2 cm³/mol. The molecule has 23 heavy (non-hydrogen) atoms. The average molecular weight is 336 g/mol. The molecule has 1 aliphatic rings. The van der Waals surface area contributed by atoms with Gasteiger partial charge in [-0.2, -0.15) is 5.10 Å². The van der Waals surface area contributed by atoms with E-state index in [9.17, 15) is 10.1 Å². The highest BCUT2D eigenvalue weighted by Gasteiger charge is 2.18. The fourth-order valence-corrected chi connectivity index (χ4v) is 2.92. The van der Waals surface area contributed by atoms with Crippen molar-refractivity contribution in [1.82, 2.24) is 19.6 Å². The molecule has 0 saturated carbocycles. The van der Waals surface area contributed by atoms with Crippen molar-refractivity contribution in [3.05, 3.63) is 57.4 Å². The third-order valence-corrected chi connectivity index (χ3v) is 4.17. The predicted octanol–water partition coefficient (Wildman–Crippen LogP) is 2.22. The van der Waals surface area contributed by atoms with Gasteiger partial charge in [0, 0.05) is 37.7 Å². The number of halogens is 1. The van der Waals surface area contributed by atoms with Crippen LogP contribution in [-0.4, -0.2) is 50.7 Å². The van der Waals surface area contributed by atoms with Crippen LogP contribution in [0.1, 0.15) is 5.56 Å². The number of hydrogen-bond acceptors (Lipinski definition) is 5. The van der Waals surface area contributed by atoms with Crippen LogP contribution in [-0.2, 0) is 13.2 Å². The highest BCUT2D eigenvalue weighted by molar-refractivity contribution is 6.30. The van der Waals surface area contributed by atoms with E-state index in [1.54, 1.807) is 4.68 Å². The van der Waals surface area contributed by atoms with E-state index in [0.29, 0.717) is 6.67 Å². The molecule has 1 aromatic carbocycles. The fraction of sp³-hybridized carbons (Fsp3) is 0.400. The molecule has 2 aromatic rings. The lowest BCUT2D eigenvalue weighted by Gasteiger charge is -2.34. The van der Waals surface area contributed by atoms with Gasteiger partial charge in [-0.15, -0.1) is 0 Å². The summed E-state index contributed by atoms with van der Waals surface area (Å²) < 4.78 is 1.62. The van der Waals surface area contributed by atoms with Crippen molar-refractivity contribution in [3.8, 4) is 0 Å². The smallest absolute Gasteiger partial charge is 0.297 e. The van der Waals surface area contributed by atoms with Crippen LogP contribution in [0.5, 0.6) is 0 Å². The van der Waals surface area contributed by atoms with Crippen molar-refractivity contribution in [1.29, 1.82) is 0 Å². The summed E-state index contributed by atoms with van der Waals surface area (Å²) in [5, 5.41) is 15.5. The molecule has 0 bridgehead atoms. The SMILES string of the molecule is O=[N+]([O-])c1cnn(CN2CCN(Cc3cccc(Cl)c3)CC2)c1. The van der Waals surface area contributed by atoms with Gasteiger partial charge in [0.15, 0.2) is 0 Å². The fourth-order valence-electron chi connectivity index (χ4n) is 2.71. The minimum absolute atomic E-state index is 0.0320. The lowest BCUT2D eigenvalue weighted by atomic mass is 10.2. The van der Waals surface area contributed by atoms with Crippen LogP contribution in [0.4, 0.5) is 5.69 Å². The Morgan fingerprint density at radius 1 is 1.22 bits per heavy atom. The molecule has 1 saturated heterocycles. The molecular formula is C15H18ClN5O2. The zero-order valence-electron chi connectivity index (χ0n) is 12.6. The third-order valence-electron chi connectivity index (χ3n) is 3.94. The van der Waals surface area contributed by atoms with E-state index in [4.69, 9.17) is 11.6 Å². The Balaban J connectivity index is 1.49. The van der Waals surface area contributed by atoms with Gasteiger partial charge in [-0.05, 0) is 17.7 Å². The Bertz CT molecular complexity index is 682. The van der Waals surface area contributed by atoms with Gasteiger partial charge < -0.3 is 0 Å². The molecule has 1 aromatic heterocycles. The average Bonchev–Trinajstić information content (AvgIpc) is 2.98. The maximum atomic E-state index is 10.7. The lowest BCUT2D eigenvalue weighted by molar-refractivity contribution is -0.385. The van der Waals surface area contributed by atoms with E-state index in [-0.39, 0.29) is 5.69 Å². The summed E-state index contributed by atoms with van der Waals surface area (Å²) >= 11 is 6.02. The van der Waals surface area contributed by atoms with Crippen molar-refractivity contribution >= 4 is 17.3 Å². The molecule has 2 heterocycles. The Morgan fingerprint density at radius 3 is 2.61 bits per heavy atom. The molecule has 0 amide bonds. The van der Waals surface area contributed by atoms with Crippen molar-refractivity contribution in [2.75, 3.05) is 26.2 Å². The second-order valence-electron chi connectivity index (χ2n) is 5.66. The van der Waals surface area contributed by atoms with E-state index >= 15 is 0 Å². The molecule has 0 atom stereocenters. The number of nitrogens with zero attached hydrogens (tertiary/aromatic N) is 5. The first-order chi connectivity index (χ1) is 11.1. The molecular weight excluding hydrogens is 318 g/mol. The molecule has 7 nitrogen and oxygen atoms in total. The minimum Gasteiger partial charge on any atom is -0.297 e. The molecule has 0 N–H and O–H groups in total. The summed E-state index contributed by atoms with van der Waals surface area (Å²) in [4.78, 5) is 14.9. The zero-order chi connectivity index (χ0) is 16.2. The first kappa shape index (κ1) is 15.9. The summed E-state index contributed by atoms with van der Waals surface area (Å²) in [6.45, 7) is 5.20. The van der Waals surface area contributed by atoms with E-state index in [1.807, 2.05) is 18.2 Å². The molecule has 0 spiro atoms. The second-order valence-corrected chi connectivity index (χ2v) is 6.10. The van der Waals surface area contributed by atoms with Crippen molar-refractivity contribution in [2.45, 2.75) is 13.2 Å². The van der Waals surface area contributed by atoms with Gasteiger partial charge in [0.25, 0.3) is 0 Å². The third kappa shape index (κ3) is 4.28. The van der Waals surface area contributed by atoms with E-state index in [1.165, 1.54) is 18.0 Å². The van der Waals surface area contributed by atoms with Gasteiger partial charge >= 0.3 is 5.69 Å². The van der Waals surface area contributed by atoms with Crippen LogP contribution in [0.15, 0.2) is 36.7 Å². The van der Waals surface area contributed by atoms with E-state index in [0.717, 1.165) is 37.7 Å². The first-order valence-corrected chi connectivity index (χ1v) is 7.84. The van der Waals surface area contributed by atoms with Crippen molar-refractivity contribution in [2.24, 2.45) is 0 Å². The number of rotatable bonds is 5. The molecule has 0 radical (unpaired) electrons. The van der Waals surface area contributed by atoms with Crippen molar-refractivity contribution in [3.63, 3.8) is 0 Å². The molecule has 3 rings (SSSR count). The van der Waals surface area contributed by atoms with Gasteiger partial charge in [-0.1, -0.05) is 23.7 Å². The quantitative estimate of drug-likeness (QED) is 0.619. The van der Waals surface area contributed by atoms with Crippen molar-refractivity contribution < 1.29 is 4.92 Å². The number of nitro groups is 1. The second kappa shape index (κ2) is 7.08. The van der Waals surface area contributed by atoms with Crippen LogP contribution in [0.2, 0.25) is 5.02 Å². The van der Waals surface area contributed by atoms with Crippen LogP contribution < -0.4 is 0 Å². The first-order valence-electron chi connectivity index (χ1n) is 7.46. The van der Waals surface area contributed by atoms with Gasteiger partial charge in [0.2, 0.25) is 0 Å². The molecule has 1 fully saturated rings. The van der Waals surface area contributed by atoms with Crippen LogP contribution in [0.3, 0.4) is 0 Å². The van der Waals surface area contributed by atoms with Gasteiger partial charge in [-0.3, -0.25) is 24.6 Å². The maximum absolute atomic E-state index is 10.7. The topological polar surface area (TPSA) is 67.4 Å². The number of aromatic nitrogens is 2. The molecule has 0 aliphatic carbocycles. The summed E-state index contributed by atoms with van der Waals surface area (Å²) in [5.41, 5.74) is 1.25. The summed E-state index contributed by atoms with van der Waals surface area (Å²) in [6.07, 6.45) is 2.76. The zero-order valence-corrected chi connectivity index (χ0v) is 13.4. The number of benzene rings is 1. The largest absolute Gasteiger partial charge is 0.307 e. The Hall–Kier alpha value is -1.96. The maximum Gasteiger partial charge on any atom is 0.307 e. The van der Waals surface area contributed by atoms with Gasteiger partial charge in [-0.25, -0.2) is 0 Å². The van der Waals surface area contributed by atoms with E-state index < -0.39 is 4.92 Å². The monoisotopic (exact) mass is 335 g/mol. The molecule has 8 heteroatoms. The van der Waals surface area contributed by atoms with Crippen LogP contribution >= 0.6 is 11.6 Å². The highest BCUT2D eigenvalue weighted by Crippen LogP contribution is 2.14. The number of hydrogen-bond donors (Lipinski definition) is 0. The lowest BCUT2D eigenvalue weighted by Crippen LogP contribution is -2.46. The standard InChI is InChI=1S/C15H18ClN5O2/c16-14-3-1-2-13(8-14)10-18-4-6-19(7-5-18)12-20-11-15(9-17-20)21(22)23/h1-3,8-9,11H,4-7,10,12H2. The summed E-state index contributed by atoms with van der Waals surface area (Å²) in [7, 11) is 0. The van der Waals surface area contributed by atoms with E-state index in [2.05, 4.69) is 21.0 Å². The molecule has 122 valence electrons. The highest BCUT2D eigenvalue weighted by atomic mass is 35.5. The van der Waals surface area contributed by atoms with Crippen LogP contribution in [0, 0.1) is 10.1 Å². The number of piperazine rings is 1. The molecule has 0 unspecified atom stereocenters. The Morgan fingerprint density at radius 2 is 1.96 bits per heavy atom. The summed E-state index contributed by atoms with van der Waals surface area (Å²) in [5.74, 6) is 0. The minimum atomic E-state index is -0.424. The Labute approximate surface area is 139 Å². The molecule has 1 aliphatic heterocycles. The summed E-state index contributed by atoms with van der Waals surface area (Å²) in [6, 6.07) is 7.93. The van der Waals surface area contributed by atoms with Gasteiger partial charge in [0.05, 0.1) is 11.6 Å². The van der Waals surface area contributed by atoms with Gasteiger partial charge in [0.1, 0.15) is 12.4 Å².